The van der Waals surface area contributed by atoms with E-state index in [-0.39, 0.29) is 24.2 Å². The zero-order chi connectivity index (χ0) is 23.4. The lowest BCUT2D eigenvalue weighted by molar-refractivity contribution is -0.138. The fourth-order valence-corrected chi connectivity index (χ4v) is 4.86. The van der Waals surface area contributed by atoms with Crippen molar-refractivity contribution in [2.45, 2.75) is 25.7 Å². The number of carboxylic acid groups (broad SMARTS) is 1. The molecule has 0 aromatic heterocycles. The van der Waals surface area contributed by atoms with Gasteiger partial charge in [-0.25, -0.2) is 0 Å². The lowest BCUT2D eigenvalue weighted by atomic mass is 9.78. The molecule has 4 rings (SSSR count). The van der Waals surface area contributed by atoms with Crippen LogP contribution in [0.15, 0.2) is 47.5 Å². The molecule has 2 aromatic carbocycles. The highest BCUT2D eigenvalue weighted by molar-refractivity contribution is 6.03. The van der Waals surface area contributed by atoms with E-state index in [4.69, 9.17) is 15.0 Å². The van der Waals surface area contributed by atoms with Crippen molar-refractivity contribution in [3.63, 3.8) is 0 Å². The summed E-state index contributed by atoms with van der Waals surface area (Å²) in [5, 5.41) is 18.5. The van der Waals surface area contributed by atoms with E-state index in [0.717, 1.165) is 23.4 Å². The molecule has 1 N–H and O–H groups in total. The lowest BCUT2D eigenvalue weighted by Gasteiger charge is -2.39. The molecule has 0 saturated carbocycles. The number of aliphatic carboxylic acids is 1. The third-order valence-electron chi connectivity index (χ3n) is 6.64. The van der Waals surface area contributed by atoms with Gasteiger partial charge in [0.2, 0.25) is 0 Å². The molecule has 2 heterocycles. The summed E-state index contributed by atoms with van der Waals surface area (Å²) in [6.45, 7) is 1.70. The molecule has 33 heavy (non-hydrogen) atoms. The fourth-order valence-electron chi connectivity index (χ4n) is 4.86. The summed E-state index contributed by atoms with van der Waals surface area (Å²) in [6.07, 6.45) is 2.21. The van der Waals surface area contributed by atoms with Crippen LogP contribution in [0.4, 0.5) is 0 Å². The van der Waals surface area contributed by atoms with Gasteiger partial charge < -0.3 is 14.7 Å². The molecule has 0 unspecified atom stereocenters. The topological polar surface area (TPSA) is 103 Å². The van der Waals surface area contributed by atoms with E-state index in [1.54, 1.807) is 31.4 Å². The molecular weight excluding hydrogens is 418 g/mol. The van der Waals surface area contributed by atoms with Gasteiger partial charge in [-0.2, -0.15) is 5.26 Å². The van der Waals surface area contributed by atoms with Crippen LogP contribution in [0.2, 0.25) is 0 Å². The van der Waals surface area contributed by atoms with Crippen molar-refractivity contribution in [2.24, 2.45) is 16.8 Å². The van der Waals surface area contributed by atoms with Gasteiger partial charge in [0.05, 0.1) is 18.7 Å². The third kappa shape index (κ3) is 5.06. The molecule has 1 amide bonds. The molecule has 1 fully saturated rings. The van der Waals surface area contributed by atoms with Crippen molar-refractivity contribution >= 4 is 17.6 Å². The van der Waals surface area contributed by atoms with Gasteiger partial charge >= 0.3 is 5.97 Å². The Hall–Kier alpha value is -3.66. The van der Waals surface area contributed by atoms with Crippen LogP contribution in [-0.4, -0.2) is 54.3 Å². The smallest absolute Gasteiger partial charge is 0.303 e. The molecule has 7 heteroatoms. The highest BCUT2D eigenvalue weighted by Gasteiger charge is 2.34. The average Bonchev–Trinajstić information content (AvgIpc) is 2.84. The van der Waals surface area contributed by atoms with Crippen LogP contribution in [0.25, 0.3) is 0 Å². The minimum atomic E-state index is -0.812. The van der Waals surface area contributed by atoms with E-state index in [9.17, 15) is 14.7 Å². The van der Waals surface area contributed by atoms with Gasteiger partial charge in [0, 0.05) is 37.3 Å². The highest BCUT2D eigenvalue weighted by atomic mass is 16.5. The number of carbonyl (C=O) groups excluding carboxylic acids is 1. The number of methoxy groups -OCH3 is 1. The normalized spacial score (nSPS) is 19.8. The van der Waals surface area contributed by atoms with Crippen LogP contribution in [0.3, 0.4) is 0 Å². The molecule has 0 radical (unpaired) electrons. The van der Waals surface area contributed by atoms with Gasteiger partial charge in [0.25, 0.3) is 5.91 Å². The largest absolute Gasteiger partial charge is 0.497 e. The van der Waals surface area contributed by atoms with Crippen LogP contribution in [-0.2, 0) is 11.2 Å². The summed E-state index contributed by atoms with van der Waals surface area (Å²) in [5.41, 5.74) is 4.31. The van der Waals surface area contributed by atoms with E-state index in [2.05, 4.69) is 6.07 Å². The quantitative estimate of drug-likeness (QED) is 0.732. The maximum atomic E-state index is 13.1. The van der Waals surface area contributed by atoms with Gasteiger partial charge in [-0.15, -0.1) is 0 Å². The number of benzene rings is 2. The Morgan fingerprint density at radius 3 is 2.70 bits per heavy atom. The van der Waals surface area contributed by atoms with E-state index < -0.39 is 5.97 Å². The maximum Gasteiger partial charge on any atom is 0.303 e. The molecule has 2 atom stereocenters. The zero-order valence-electron chi connectivity index (χ0n) is 18.7. The van der Waals surface area contributed by atoms with Crippen molar-refractivity contribution < 1.29 is 19.4 Å². The van der Waals surface area contributed by atoms with E-state index in [1.807, 2.05) is 23.1 Å². The lowest BCUT2D eigenvalue weighted by Crippen LogP contribution is -2.45. The summed E-state index contributed by atoms with van der Waals surface area (Å²) < 4.78 is 5.36. The Kier molecular flexibility index (Phi) is 6.74. The van der Waals surface area contributed by atoms with Gasteiger partial charge in [-0.05, 0) is 84.7 Å². The number of hydrogen-bond acceptors (Lipinski definition) is 5. The van der Waals surface area contributed by atoms with Crippen molar-refractivity contribution in [3.05, 3.63) is 64.7 Å². The number of amides is 1. The number of nitrogens with zero attached hydrogens (tertiary/aromatic N) is 3. The first-order valence-corrected chi connectivity index (χ1v) is 11.2. The standard InChI is InChI=1S/C26H27N3O4/c1-33-22-6-7-23-20(12-22)8-10-28-24(23)13-21-16-29(11-9-19(21)14-25(30)31)26(32)18-4-2-17(15-27)3-5-18/h2-7,12,19,21H,8-11,13-14,16H2,1H3,(H,30,31)/t19-,21-/m0/s1. The number of carbonyl (C=O) groups is 2. The Balaban J connectivity index is 1.54. The Morgan fingerprint density at radius 2 is 2.00 bits per heavy atom. The van der Waals surface area contributed by atoms with Crippen LogP contribution in [0, 0.1) is 23.2 Å². The van der Waals surface area contributed by atoms with Crippen molar-refractivity contribution in [1.82, 2.24) is 4.90 Å². The molecule has 170 valence electrons. The highest BCUT2D eigenvalue weighted by Crippen LogP contribution is 2.33. The third-order valence-corrected chi connectivity index (χ3v) is 6.64. The first-order valence-electron chi connectivity index (χ1n) is 11.2. The fraction of sp³-hybridized carbons (Fsp3) is 0.385. The Labute approximate surface area is 193 Å². The number of likely N-dealkylation sites (tertiary alicyclic amines) is 1. The molecule has 0 aliphatic carbocycles. The second-order valence-corrected chi connectivity index (χ2v) is 8.65. The number of ether oxygens (including phenoxy) is 1. The number of aliphatic imine (C=N–C) groups is 1. The van der Waals surface area contributed by atoms with Crippen LogP contribution >= 0.6 is 0 Å². The van der Waals surface area contributed by atoms with Crippen LogP contribution in [0.5, 0.6) is 5.75 Å². The Bertz CT molecular complexity index is 1120. The predicted molar refractivity (Wildman–Crippen MR) is 124 cm³/mol. The minimum Gasteiger partial charge on any atom is -0.497 e. The number of piperidine rings is 1. The number of fused-ring (bicyclic) bond motifs is 1. The first kappa shape index (κ1) is 22.5. The molecule has 2 aliphatic heterocycles. The first-order chi connectivity index (χ1) is 16.0. The molecule has 0 bridgehead atoms. The number of nitriles is 1. The zero-order valence-corrected chi connectivity index (χ0v) is 18.7. The predicted octanol–water partition coefficient (Wildman–Crippen LogP) is 3.56. The number of carboxylic acids is 1. The van der Waals surface area contributed by atoms with Crippen molar-refractivity contribution in [2.75, 3.05) is 26.7 Å². The summed E-state index contributed by atoms with van der Waals surface area (Å²) in [7, 11) is 1.65. The average molecular weight is 446 g/mol. The maximum absolute atomic E-state index is 13.1. The van der Waals surface area contributed by atoms with Crippen LogP contribution in [0.1, 0.15) is 46.3 Å². The number of hydrogen-bond donors (Lipinski definition) is 1. The Morgan fingerprint density at radius 1 is 1.21 bits per heavy atom. The summed E-state index contributed by atoms with van der Waals surface area (Å²) in [6, 6.07) is 14.7. The molecule has 2 aliphatic rings. The second kappa shape index (κ2) is 9.86. The van der Waals surface area contributed by atoms with Crippen LogP contribution < -0.4 is 4.74 Å². The molecule has 1 saturated heterocycles. The van der Waals surface area contributed by atoms with Gasteiger partial charge in [-0.1, -0.05) is 0 Å². The van der Waals surface area contributed by atoms with Gasteiger partial charge in [-0.3, -0.25) is 14.6 Å². The minimum absolute atomic E-state index is 0.00369. The van der Waals surface area contributed by atoms with E-state index >= 15 is 0 Å². The molecule has 7 nitrogen and oxygen atoms in total. The SMILES string of the molecule is COc1ccc2c(c1)CCN=C2C[C@H]1CN(C(=O)c2ccc(C#N)cc2)CC[C@H]1CC(=O)O. The second-order valence-electron chi connectivity index (χ2n) is 8.65. The molecular formula is C26H27N3O4. The molecule has 0 spiro atoms. The van der Waals surface area contributed by atoms with E-state index in [0.29, 0.717) is 43.6 Å². The monoisotopic (exact) mass is 445 g/mol. The van der Waals surface area contributed by atoms with Crippen molar-refractivity contribution in [1.29, 1.82) is 5.26 Å². The van der Waals surface area contributed by atoms with E-state index in [1.165, 1.54) is 5.56 Å². The van der Waals surface area contributed by atoms with Crippen molar-refractivity contribution in [3.8, 4) is 11.8 Å². The summed E-state index contributed by atoms with van der Waals surface area (Å²) >= 11 is 0. The summed E-state index contributed by atoms with van der Waals surface area (Å²) in [4.78, 5) is 31.2. The molecule has 2 aromatic rings. The van der Waals surface area contributed by atoms with Gasteiger partial charge in [0.15, 0.2) is 0 Å². The summed E-state index contributed by atoms with van der Waals surface area (Å²) in [5.74, 6) is -0.0972. The van der Waals surface area contributed by atoms with Gasteiger partial charge in [0.1, 0.15) is 5.75 Å². The number of rotatable bonds is 6.